The summed E-state index contributed by atoms with van der Waals surface area (Å²) in [5.74, 6) is 2.31. The third-order valence-corrected chi connectivity index (χ3v) is 3.39. The molecule has 0 aliphatic heterocycles. The average Bonchev–Trinajstić information content (AvgIpc) is 2.86. The molecule has 0 bridgehead atoms. The molecular formula is C17H25NO2. The van der Waals surface area contributed by atoms with Gasteiger partial charge in [0.25, 0.3) is 0 Å². The van der Waals surface area contributed by atoms with Crippen LogP contribution in [0.5, 0.6) is 5.75 Å². The Hall–Kier alpha value is -1.48. The highest BCUT2D eigenvalue weighted by molar-refractivity contribution is 5.83. The molecule has 0 saturated heterocycles. The number of furan rings is 1. The van der Waals surface area contributed by atoms with Crippen LogP contribution in [0.15, 0.2) is 28.7 Å². The van der Waals surface area contributed by atoms with Crippen LogP contribution in [-0.4, -0.2) is 13.2 Å². The van der Waals surface area contributed by atoms with Crippen molar-refractivity contribution in [2.45, 2.75) is 40.2 Å². The summed E-state index contributed by atoms with van der Waals surface area (Å²) in [4.78, 5) is 0. The monoisotopic (exact) mass is 275 g/mol. The first kappa shape index (κ1) is 14.9. The van der Waals surface area contributed by atoms with Crippen molar-refractivity contribution < 1.29 is 9.15 Å². The molecule has 0 saturated carbocycles. The Bertz CT molecular complexity index is 545. The number of rotatable bonds is 7. The summed E-state index contributed by atoms with van der Waals surface area (Å²) in [6.45, 7) is 10.3. The van der Waals surface area contributed by atoms with Gasteiger partial charge in [-0.15, -0.1) is 0 Å². The minimum Gasteiger partial charge on any atom is -0.490 e. The predicted octanol–water partition coefficient (Wildman–Crippen LogP) is 4.53. The van der Waals surface area contributed by atoms with Crippen molar-refractivity contribution in [3.63, 3.8) is 0 Å². The second-order valence-electron chi connectivity index (χ2n) is 5.45. The number of fused-ring (bicyclic) bond motifs is 1. The predicted molar refractivity (Wildman–Crippen MR) is 83.3 cm³/mol. The van der Waals surface area contributed by atoms with Crippen LogP contribution in [0.3, 0.4) is 0 Å². The average molecular weight is 275 g/mol. The second kappa shape index (κ2) is 6.80. The standard InChI is InChI=1S/C17H25NO2/c1-5-10-19-14-9-7-8-13-11-15(20-17(13)14)16(12(3)4)18-6-2/h7-9,11-12,16,18H,5-6,10H2,1-4H3. The molecule has 0 radical (unpaired) electrons. The fraction of sp³-hybridized carbons (Fsp3) is 0.529. The van der Waals surface area contributed by atoms with Crippen molar-refractivity contribution in [1.82, 2.24) is 5.32 Å². The van der Waals surface area contributed by atoms with Gasteiger partial charge in [-0.25, -0.2) is 0 Å². The molecule has 0 aliphatic carbocycles. The maximum Gasteiger partial charge on any atom is 0.176 e. The van der Waals surface area contributed by atoms with Gasteiger partial charge in [-0.3, -0.25) is 0 Å². The molecule has 1 aromatic carbocycles. The SMILES string of the molecule is CCCOc1cccc2cc(C(NCC)C(C)C)oc12. The molecule has 1 aromatic heterocycles. The lowest BCUT2D eigenvalue weighted by atomic mass is 10.0. The summed E-state index contributed by atoms with van der Waals surface area (Å²) in [6.07, 6.45) is 0.996. The lowest BCUT2D eigenvalue weighted by Crippen LogP contribution is -2.24. The molecule has 0 aliphatic rings. The Morgan fingerprint density at radius 1 is 1.25 bits per heavy atom. The second-order valence-corrected chi connectivity index (χ2v) is 5.45. The van der Waals surface area contributed by atoms with E-state index in [1.807, 2.05) is 12.1 Å². The van der Waals surface area contributed by atoms with Gasteiger partial charge in [-0.2, -0.15) is 0 Å². The number of hydrogen-bond donors (Lipinski definition) is 1. The summed E-state index contributed by atoms with van der Waals surface area (Å²) < 4.78 is 11.9. The first-order chi connectivity index (χ1) is 9.67. The van der Waals surface area contributed by atoms with Crippen molar-refractivity contribution in [3.8, 4) is 5.75 Å². The highest BCUT2D eigenvalue weighted by Crippen LogP contribution is 2.33. The number of hydrogen-bond acceptors (Lipinski definition) is 3. The van der Waals surface area contributed by atoms with Crippen LogP contribution in [0.2, 0.25) is 0 Å². The van der Waals surface area contributed by atoms with E-state index in [0.29, 0.717) is 5.92 Å². The summed E-state index contributed by atoms with van der Waals surface area (Å²) in [7, 11) is 0. The lowest BCUT2D eigenvalue weighted by molar-refractivity contribution is 0.311. The molecule has 1 atom stereocenters. The summed E-state index contributed by atoms with van der Waals surface area (Å²) in [6, 6.07) is 8.44. The molecule has 0 fully saturated rings. The fourth-order valence-corrected chi connectivity index (χ4v) is 2.42. The third kappa shape index (κ3) is 3.15. The largest absolute Gasteiger partial charge is 0.490 e. The van der Waals surface area contributed by atoms with Gasteiger partial charge in [0.15, 0.2) is 11.3 Å². The summed E-state index contributed by atoms with van der Waals surface area (Å²) in [5, 5.41) is 4.60. The Kier molecular flexibility index (Phi) is 5.07. The van der Waals surface area contributed by atoms with E-state index in [1.165, 1.54) is 0 Å². The van der Waals surface area contributed by atoms with E-state index in [1.54, 1.807) is 0 Å². The molecule has 1 heterocycles. The first-order valence-electron chi connectivity index (χ1n) is 7.56. The Labute approximate surface area is 121 Å². The van der Waals surface area contributed by atoms with E-state index in [4.69, 9.17) is 9.15 Å². The zero-order chi connectivity index (χ0) is 14.5. The molecule has 0 spiro atoms. The minimum absolute atomic E-state index is 0.242. The van der Waals surface area contributed by atoms with Gasteiger partial charge < -0.3 is 14.5 Å². The van der Waals surface area contributed by atoms with E-state index in [2.05, 4.69) is 45.1 Å². The Morgan fingerprint density at radius 2 is 2.05 bits per heavy atom. The lowest BCUT2D eigenvalue weighted by Gasteiger charge is -2.19. The molecular weight excluding hydrogens is 250 g/mol. The van der Waals surface area contributed by atoms with Crippen LogP contribution in [-0.2, 0) is 0 Å². The molecule has 2 aromatic rings. The van der Waals surface area contributed by atoms with Crippen molar-refractivity contribution in [2.24, 2.45) is 5.92 Å². The zero-order valence-electron chi connectivity index (χ0n) is 12.9. The normalized spacial score (nSPS) is 13.1. The highest BCUT2D eigenvalue weighted by Gasteiger charge is 2.20. The van der Waals surface area contributed by atoms with Gasteiger partial charge in [0.2, 0.25) is 0 Å². The van der Waals surface area contributed by atoms with Crippen molar-refractivity contribution in [1.29, 1.82) is 0 Å². The van der Waals surface area contributed by atoms with E-state index in [-0.39, 0.29) is 6.04 Å². The van der Waals surface area contributed by atoms with E-state index < -0.39 is 0 Å². The zero-order valence-corrected chi connectivity index (χ0v) is 12.9. The molecule has 3 nitrogen and oxygen atoms in total. The van der Waals surface area contributed by atoms with Crippen LogP contribution in [0.1, 0.15) is 45.9 Å². The number of nitrogens with one attached hydrogen (secondary N) is 1. The van der Waals surface area contributed by atoms with E-state index >= 15 is 0 Å². The van der Waals surface area contributed by atoms with E-state index in [9.17, 15) is 0 Å². The van der Waals surface area contributed by atoms with Gasteiger partial charge in [-0.1, -0.05) is 39.8 Å². The molecule has 1 unspecified atom stereocenters. The van der Waals surface area contributed by atoms with E-state index in [0.717, 1.165) is 42.1 Å². The third-order valence-electron chi connectivity index (χ3n) is 3.39. The van der Waals surface area contributed by atoms with Gasteiger partial charge in [0.1, 0.15) is 5.76 Å². The van der Waals surface area contributed by atoms with Gasteiger partial charge in [-0.05, 0) is 31.0 Å². The number of para-hydroxylation sites is 1. The molecule has 0 amide bonds. The number of benzene rings is 1. The van der Waals surface area contributed by atoms with Gasteiger partial charge in [0, 0.05) is 5.39 Å². The Balaban J connectivity index is 2.36. The number of ether oxygens (including phenoxy) is 1. The first-order valence-corrected chi connectivity index (χ1v) is 7.56. The summed E-state index contributed by atoms with van der Waals surface area (Å²) >= 11 is 0. The van der Waals surface area contributed by atoms with Crippen molar-refractivity contribution >= 4 is 11.0 Å². The molecule has 3 heteroatoms. The topological polar surface area (TPSA) is 34.4 Å². The van der Waals surface area contributed by atoms with Gasteiger partial charge >= 0.3 is 0 Å². The molecule has 20 heavy (non-hydrogen) atoms. The van der Waals surface area contributed by atoms with Crippen LogP contribution in [0.4, 0.5) is 0 Å². The fourth-order valence-electron chi connectivity index (χ4n) is 2.42. The van der Waals surface area contributed by atoms with Crippen LogP contribution < -0.4 is 10.1 Å². The molecule has 110 valence electrons. The van der Waals surface area contributed by atoms with Crippen LogP contribution in [0, 0.1) is 5.92 Å². The van der Waals surface area contributed by atoms with Crippen molar-refractivity contribution in [3.05, 3.63) is 30.0 Å². The van der Waals surface area contributed by atoms with Crippen molar-refractivity contribution in [2.75, 3.05) is 13.2 Å². The quantitative estimate of drug-likeness (QED) is 0.806. The van der Waals surface area contributed by atoms with Crippen LogP contribution >= 0.6 is 0 Å². The van der Waals surface area contributed by atoms with Crippen LogP contribution in [0.25, 0.3) is 11.0 Å². The highest BCUT2D eigenvalue weighted by atomic mass is 16.5. The molecule has 2 rings (SSSR count). The molecule has 1 N–H and O–H groups in total. The maximum absolute atomic E-state index is 6.08. The Morgan fingerprint density at radius 3 is 2.70 bits per heavy atom. The van der Waals surface area contributed by atoms with Gasteiger partial charge in [0.05, 0.1) is 12.6 Å². The summed E-state index contributed by atoms with van der Waals surface area (Å²) in [5.41, 5.74) is 0.861. The maximum atomic E-state index is 6.08. The minimum atomic E-state index is 0.242. The smallest absolute Gasteiger partial charge is 0.176 e.